The van der Waals surface area contributed by atoms with Crippen molar-refractivity contribution in [2.24, 2.45) is 0 Å². The lowest BCUT2D eigenvalue weighted by Gasteiger charge is -2.20. The molecule has 0 aromatic heterocycles. The van der Waals surface area contributed by atoms with Crippen LogP contribution in [-0.2, 0) is 9.47 Å². The lowest BCUT2D eigenvalue weighted by Crippen LogP contribution is -2.08. The predicted octanol–water partition coefficient (Wildman–Crippen LogP) is 3.23. The Morgan fingerprint density at radius 3 is 3.12 bits per heavy atom. The molecule has 1 atom stereocenters. The van der Waals surface area contributed by atoms with Gasteiger partial charge in [0.15, 0.2) is 0 Å². The first-order valence-electron chi connectivity index (χ1n) is 5.89. The van der Waals surface area contributed by atoms with Crippen molar-refractivity contribution in [2.45, 2.75) is 25.9 Å². The Morgan fingerprint density at radius 2 is 2.41 bits per heavy atom. The van der Waals surface area contributed by atoms with Gasteiger partial charge >= 0.3 is 5.97 Å². The average molecular weight is 232 g/mol. The lowest BCUT2D eigenvalue weighted by molar-refractivity contribution is 0.0525. The summed E-state index contributed by atoms with van der Waals surface area (Å²) >= 11 is 0. The molecule has 0 fully saturated rings. The van der Waals surface area contributed by atoms with E-state index in [4.69, 9.17) is 9.47 Å². The van der Waals surface area contributed by atoms with Crippen LogP contribution in [0.15, 0.2) is 36.6 Å². The zero-order valence-corrected chi connectivity index (χ0v) is 9.89. The summed E-state index contributed by atoms with van der Waals surface area (Å²) in [5.41, 5.74) is 1.61. The monoisotopic (exact) mass is 232 g/mol. The van der Waals surface area contributed by atoms with Crippen molar-refractivity contribution < 1.29 is 14.3 Å². The fourth-order valence-electron chi connectivity index (χ4n) is 1.86. The maximum atomic E-state index is 11.6. The third-order valence-corrected chi connectivity index (χ3v) is 2.70. The van der Waals surface area contributed by atoms with Gasteiger partial charge in [-0.15, -0.1) is 0 Å². The highest BCUT2D eigenvalue weighted by molar-refractivity contribution is 5.89. The Labute approximate surface area is 101 Å². The van der Waals surface area contributed by atoms with Crippen LogP contribution in [0.2, 0.25) is 0 Å². The Morgan fingerprint density at radius 1 is 1.53 bits per heavy atom. The average Bonchev–Trinajstić information content (AvgIpc) is 2.40. The summed E-state index contributed by atoms with van der Waals surface area (Å²) in [4.78, 5) is 11.6. The first kappa shape index (κ1) is 11.7. The molecule has 0 spiro atoms. The Balaban J connectivity index is 2.16. The van der Waals surface area contributed by atoms with Gasteiger partial charge in [-0.25, -0.2) is 4.79 Å². The molecule has 0 saturated carbocycles. The molecule has 3 nitrogen and oxygen atoms in total. The van der Waals surface area contributed by atoms with Crippen molar-refractivity contribution in [3.8, 4) is 0 Å². The van der Waals surface area contributed by atoms with Gasteiger partial charge in [0.25, 0.3) is 0 Å². The van der Waals surface area contributed by atoms with E-state index in [0.717, 1.165) is 18.4 Å². The van der Waals surface area contributed by atoms with Gasteiger partial charge in [0.1, 0.15) is 6.10 Å². The third-order valence-electron chi connectivity index (χ3n) is 2.70. The standard InChI is InChI=1S/C14H16O3/c1-2-16-14(15)12-7-5-6-11(10-12)13-8-3-4-9-17-13/h4-7,9-10,13H,2-3,8H2,1H3. The molecule has 17 heavy (non-hydrogen) atoms. The van der Waals surface area contributed by atoms with Crippen molar-refractivity contribution >= 4 is 5.97 Å². The summed E-state index contributed by atoms with van der Waals surface area (Å²) < 4.78 is 10.5. The van der Waals surface area contributed by atoms with Crippen molar-refractivity contribution in [3.05, 3.63) is 47.7 Å². The molecule has 0 N–H and O–H groups in total. The van der Waals surface area contributed by atoms with Crippen LogP contribution in [0.3, 0.4) is 0 Å². The molecule has 0 aliphatic carbocycles. The summed E-state index contributed by atoms with van der Waals surface area (Å²) in [7, 11) is 0. The molecule has 1 unspecified atom stereocenters. The van der Waals surface area contributed by atoms with Gasteiger partial charge in [-0.05, 0) is 43.5 Å². The molecular formula is C14H16O3. The molecule has 0 saturated heterocycles. The molecular weight excluding hydrogens is 216 g/mol. The number of esters is 1. The van der Waals surface area contributed by atoms with Gasteiger partial charge in [-0.1, -0.05) is 12.1 Å². The van der Waals surface area contributed by atoms with Gasteiger partial charge < -0.3 is 9.47 Å². The molecule has 1 aliphatic rings. The first-order chi connectivity index (χ1) is 8.31. The Bertz CT molecular complexity index is 423. The van der Waals surface area contributed by atoms with Crippen LogP contribution < -0.4 is 0 Å². The maximum absolute atomic E-state index is 11.6. The van der Waals surface area contributed by atoms with Gasteiger partial charge in [0.2, 0.25) is 0 Å². The number of hydrogen-bond donors (Lipinski definition) is 0. The lowest BCUT2D eigenvalue weighted by atomic mass is 10.0. The minimum Gasteiger partial charge on any atom is -0.494 e. The van der Waals surface area contributed by atoms with E-state index < -0.39 is 0 Å². The quantitative estimate of drug-likeness (QED) is 0.750. The van der Waals surface area contributed by atoms with Crippen LogP contribution in [0.25, 0.3) is 0 Å². The summed E-state index contributed by atoms with van der Waals surface area (Å²) in [6.45, 7) is 2.20. The van der Waals surface area contributed by atoms with E-state index in [1.807, 2.05) is 24.3 Å². The van der Waals surface area contributed by atoms with Crippen molar-refractivity contribution in [1.29, 1.82) is 0 Å². The molecule has 0 bridgehead atoms. The predicted molar refractivity (Wildman–Crippen MR) is 64.6 cm³/mol. The molecule has 1 aromatic carbocycles. The number of carbonyl (C=O) groups excluding carboxylic acids is 1. The number of allylic oxidation sites excluding steroid dienone is 1. The van der Waals surface area contributed by atoms with E-state index in [-0.39, 0.29) is 12.1 Å². The Hall–Kier alpha value is -1.77. The molecule has 90 valence electrons. The minimum absolute atomic E-state index is 0.0503. The Kier molecular flexibility index (Phi) is 3.81. The van der Waals surface area contributed by atoms with E-state index in [0.29, 0.717) is 12.2 Å². The number of hydrogen-bond acceptors (Lipinski definition) is 3. The molecule has 1 aromatic rings. The van der Waals surface area contributed by atoms with Crippen LogP contribution in [0.1, 0.15) is 41.8 Å². The summed E-state index contributed by atoms with van der Waals surface area (Å²) in [6.07, 6.45) is 5.74. The number of ether oxygens (including phenoxy) is 2. The smallest absolute Gasteiger partial charge is 0.338 e. The number of carbonyl (C=O) groups is 1. The second kappa shape index (κ2) is 5.53. The molecule has 0 radical (unpaired) electrons. The fourth-order valence-corrected chi connectivity index (χ4v) is 1.86. The van der Waals surface area contributed by atoms with Crippen LogP contribution in [0.5, 0.6) is 0 Å². The molecule has 0 amide bonds. The zero-order chi connectivity index (χ0) is 12.1. The highest BCUT2D eigenvalue weighted by atomic mass is 16.5. The van der Waals surface area contributed by atoms with Gasteiger partial charge in [0.05, 0.1) is 18.4 Å². The SMILES string of the molecule is CCOC(=O)c1cccc(C2CCC=CO2)c1. The first-order valence-corrected chi connectivity index (χ1v) is 5.89. The van der Waals surface area contributed by atoms with Gasteiger partial charge in [-0.2, -0.15) is 0 Å². The number of benzene rings is 1. The number of rotatable bonds is 3. The topological polar surface area (TPSA) is 35.5 Å². The third kappa shape index (κ3) is 2.87. The van der Waals surface area contributed by atoms with Crippen LogP contribution in [-0.4, -0.2) is 12.6 Å². The van der Waals surface area contributed by atoms with E-state index in [2.05, 4.69) is 0 Å². The van der Waals surface area contributed by atoms with Crippen molar-refractivity contribution in [3.63, 3.8) is 0 Å². The van der Waals surface area contributed by atoms with E-state index in [1.54, 1.807) is 19.3 Å². The summed E-state index contributed by atoms with van der Waals surface area (Å²) in [5.74, 6) is -0.277. The van der Waals surface area contributed by atoms with E-state index in [9.17, 15) is 4.79 Å². The van der Waals surface area contributed by atoms with Crippen molar-refractivity contribution in [2.75, 3.05) is 6.61 Å². The fraction of sp³-hybridized carbons (Fsp3) is 0.357. The minimum atomic E-state index is -0.277. The molecule has 2 rings (SSSR count). The van der Waals surface area contributed by atoms with Crippen LogP contribution in [0, 0.1) is 0 Å². The second-order valence-corrected chi connectivity index (χ2v) is 3.92. The highest BCUT2D eigenvalue weighted by Gasteiger charge is 2.15. The van der Waals surface area contributed by atoms with Gasteiger partial charge in [0, 0.05) is 0 Å². The van der Waals surface area contributed by atoms with E-state index in [1.165, 1.54) is 0 Å². The largest absolute Gasteiger partial charge is 0.494 e. The second-order valence-electron chi connectivity index (χ2n) is 3.92. The molecule has 3 heteroatoms. The van der Waals surface area contributed by atoms with Gasteiger partial charge in [-0.3, -0.25) is 0 Å². The normalized spacial score (nSPS) is 18.5. The highest BCUT2D eigenvalue weighted by Crippen LogP contribution is 2.27. The van der Waals surface area contributed by atoms with Crippen LogP contribution in [0.4, 0.5) is 0 Å². The van der Waals surface area contributed by atoms with E-state index >= 15 is 0 Å². The molecule has 1 aliphatic heterocycles. The summed E-state index contributed by atoms with van der Waals surface area (Å²) in [5, 5.41) is 0. The van der Waals surface area contributed by atoms with Crippen LogP contribution >= 0.6 is 0 Å². The zero-order valence-electron chi connectivity index (χ0n) is 9.89. The van der Waals surface area contributed by atoms with Crippen molar-refractivity contribution in [1.82, 2.24) is 0 Å². The maximum Gasteiger partial charge on any atom is 0.338 e. The summed E-state index contributed by atoms with van der Waals surface area (Å²) in [6, 6.07) is 7.46. The molecule has 1 heterocycles.